The first-order valence-electron chi connectivity index (χ1n) is 1.69. The normalized spacial score (nSPS) is 8.33. The van der Waals surface area contributed by atoms with Gasteiger partial charge in [-0.1, -0.05) is 0 Å². The Morgan fingerprint density at radius 1 is 1.83 bits per heavy atom. The summed E-state index contributed by atoms with van der Waals surface area (Å²) >= 11 is 4.73. The van der Waals surface area contributed by atoms with Gasteiger partial charge in [-0.05, 0) is 0 Å². The number of thiol groups is 1. The van der Waals surface area contributed by atoms with Gasteiger partial charge in [0.15, 0.2) is 0 Å². The molecule has 0 aliphatic rings. The minimum absolute atomic E-state index is 0.0163. The van der Waals surface area contributed by atoms with Crippen LogP contribution in [0.1, 0.15) is 6.42 Å². The molecule has 0 bridgehead atoms. The Morgan fingerprint density at radius 3 is 2.33 bits per heavy atom. The second-order valence-electron chi connectivity index (χ2n) is 0.932. The Labute approximate surface area is 56.0 Å². The number of rotatable bonds is 2. The SMILES string of the molecule is O=C(S)C[CH2][SnH]. The van der Waals surface area contributed by atoms with Gasteiger partial charge in [-0.15, -0.1) is 0 Å². The third-order valence-electron chi connectivity index (χ3n) is 0.358. The molecule has 0 fully saturated rings. The van der Waals surface area contributed by atoms with Crippen LogP contribution in [0.4, 0.5) is 0 Å². The topological polar surface area (TPSA) is 17.1 Å². The van der Waals surface area contributed by atoms with Crippen LogP contribution in [0, 0.1) is 0 Å². The van der Waals surface area contributed by atoms with Gasteiger partial charge in [0.25, 0.3) is 0 Å². The van der Waals surface area contributed by atoms with Gasteiger partial charge in [0.2, 0.25) is 0 Å². The quantitative estimate of drug-likeness (QED) is 0.506. The van der Waals surface area contributed by atoms with Crippen LogP contribution in [0.5, 0.6) is 0 Å². The maximum absolute atomic E-state index is 9.93. The molecule has 0 heterocycles. The second kappa shape index (κ2) is 3.99. The van der Waals surface area contributed by atoms with E-state index in [0.29, 0.717) is 6.42 Å². The molecule has 0 saturated heterocycles. The van der Waals surface area contributed by atoms with Crippen molar-refractivity contribution >= 4 is 40.3 Å². The molecule has 0 atom stereocenters. The molecular formula is C3H6OSSn. The van der Waals surface area contributed by atoms with Crippen molar-refractivity contribution in [1.82, 2.24) is 0 Å². The fourth-order valence-corrected chi connectivity index (χ4v) is 1.69. The molecule has 0 aromatic heterocycles. The third kappa shape index (κ3) is 4.82. The van der Waals surface area contributed by atoms with Crippen molar-refractivity contribution in [3.8, 4) is 0 Å². The molecular weight excluding hydrogens is 203 g/mol. The average Bonchev–Trinajstić information content (AvgIpc) is 1.35. The van der Waals surface area contributed by atoms with Crippen LogP contribution in [0.3, 0.4) is 0 Å². The van der Waals surface area contributed by atoms with Gasteiger partial charge in [0.05, 0.1) is 0 Å². The summed E-state index contributed by atoms with van der Waals surface area (Å²) in [6.45, 7) is 0. The fourth-order valence-electron chi connectivity index (χ4n) is 0.123. The van der Waals surface area contributed by atoms with Crippen molar-refractivity contribution in [2.24, 2.45) is 0 Å². The molecule has 0 amide bonds. The number of carbonyl (C=O) groups is 1. The van der Waals surface area contributed by atoms with Gasteiger partial charge in [-0.2, -0.15) is 0 Å². The van der Waals surface area contributed by atoms with E-state index >= 15 is 0 Å². The monoisotopic (exact) mass is 210 g/mol. The fraction of sp³-hybridized carbons (Fsp3) is 0.667. The molecule has 0 aliphatic heterocycles. The Kier molecular flexibility index (Phi) is 4.54. The Balaban J connectivity index is 2.83. The van der Waals surface area contributed by atoms with Crippen LogP contribution in [0.25, 0.3) is 0 Å². The van der Waals surface area contributed by atoms with Crippen LogP contribution < -0.4 is 0 Å². The predicted octanol–water partition coefficient (Wildman–Crippen LogP) is 0.152. The maximum atomic E-state index is 9.93. The van der Waals surface area contributed by atoms with Gasteiger partial charge >= 0.3 is 55.9 Å². The van der Waals surface area contributed by atoms with E-state index in [0.717, 1.165) is 4.44 Å². The molecule has 1 nitrogen and oxygen atoms in total. The zero-order valence-electron chi connectivity index (χ0n) is 3.35. The molecule has 3 heteroatoms. The van der Waals surface area contributed by atoms with Gasteiger partial charge < -0.3 is 0 Å². The van der Waals surface area contributed by atoms with Gasteiger partial charge in [0, 0.05) is 0 Å². The van der Waals surface area contributed by atoms with Gasteiger partial charge in [-0.3, -0.25) is 0 Å². The molecule has 0 rings (SSSR count). The summed E-state index contributed by atoms with van der Waals surface area (Å²) in [6.07, 6.45) is 0.658. The number of hydrogen-bond donors (Lipinski definition) is 1. The first-order chi connectivity index (χ1) is 2.77. The Morgan fingerprint density at radius 2 is 2.33 bits per heavy atom. The molecule has 0 aromatic rings. The standard InChI is InChI=1S/C3H5OS.Sn.H/c1-2-3(4)5;;/h1-2H2,(H,4,5);;. The van der Waals surface area contributed by atoms with E-state index in [1.165, 1.54) is 22.5 Å². The van der Waals surface area contributed by atoms with Gasteiger partial charge in [-0.25, -0.2) is 0 Å². The van der Waals surface area contributed by atoms with Crippen LogP contribution in [-0.2, 0) is 4.79 Å². The zero-order chi connectivity index (χ0) is 4.99. The van der Waals surface area contributed by atoms with E-state index in [9.17, 15) is 4.79 Å². The second-order valence-corrected chi connectivity index (χ2v) is 3.08. The van der Waals surface area contributed by atoms with Crippen molar-refractivity contribution in [2.45, 2.75) is 10.9 Å². The van der Waals surface area contributed by atoms with E-state index < -0.39 is 0 Å². The van der Waals surface area contributed by atoms with Crippen molar-refractivity contribution < 1.29 is 4.79 Å². The molecule has 0 aromatic carbocycles. The van der Waals surface area contributed by atoms with Gasteiger partial charge in [0.1, 0.15) is 0 Å². The average molecular weight is 209 g/mol. The Hall–Kier alpha value is 0.819. The molecule has 2 radical (unpaired) electrons. The predicted molar refractivity (Wildman–Crippen MR) is 30.6 cm³/mol. The Bertz CT molecular complexity index is 54.8. The first kappa shape index (κ1) is 6.82. The molecule has 0 unspecified atom stereocenters. The van der Waals surface area contributed by atoms with E-state index in [2.05, 4.69) is 12.6 Å². The van der Waals surface area contributed by atoms with Crippen molar-refractivity contribution in [3.05, 3.63) is 0 Å². The molecule has 0 N–H and O–H groups in total. The zero-order valence-corrected chi connectivity index (χ0v) is 7.54. The van der Waals surface area contributed by atoms with Crippen LogP contribution in [0.2, 0.25) is 4.44 Å². The summed E-state index contributed by atoms with van der Waals surface area (Å²) in [5.74, 6) is 0. The summed E-state index contributed by atoms with van der Waals surface area (Å²) in [7, 11) is 0. The molecule has 0 saturated carbocycles. The number of hydrogen-bond acceptors (Lipinski definition) is 1. The summed E-state index contributed by atoms with van der Waals surface area (Å²) in [5.41, 5.74) is 0. The molecule has 6 heavy (non-hydrogen) atoms. The summed E-state index contributed by atoms with van der Waals surface area (Å²) in [4.78, 5) is 9.93. The summed E-state index contributed by atoms with van der Waals surface area (Å²) in [6, 6.07) is 0. The van der Waals surface area contributed by atoms with Crippen molar-refractivity contribution in [3.63, 3.8) is 0 Å². The minimum atomic E-state index is 0.0163. The summed E-state index contributed by atoms with van der Waals surface area (Å²) in [5, 5.41) is 0.0163. The van der Waals surface area contributed by atoms with E-state index in [4.69, 9.17) is 0 Å². The molecule has 0 aliphatic carbocycles. The van der Waals surface area contributed by atoms with E-state index in [1.807, 2.05) is 0 Å². The van der Waals surface area contributed by atoms with E-state index in [-0.39, 0.29) is 5.12 Å². The van der Waals surface area contributed by atoms with E-state index in [1.54, 1.807) is 0 Å². The van der Waals surface area contributed by atoms with Crippen molar-refractivity contribution in [1.29, 1.82) is 0 Å². The molecule has 34 valence electrons. The number of carbonyl (C=O) groups excluding carboxylic acids is 1. The first-order valence-corrected chi connectivity index (χ1v) is 4.47. The van der Waals surface area contributed by atoms with Crippen molar-refractivity contribution in [2.75, 3.05) is 0 Å². The van der Waals surface area contributed by atoms with Crippen LogP contribution >= 0.6 is 12.6 Å². The summed E-state index contributed by atoms with van der Waals surface area (Å²) < 4.78 is 1.04. The van der Waals surface area contributed by atoms with Crippen LogP contribution in [-0.4, -0.2) is 27.6 Å². The third-order valence-corrected chi connectivity index (χ3v) is 1.41. The van der Waals surface area contributed by atoms with Crippen LogP contribution in [0.15, 0.2) is 0 Å². The molecule has 0 spiro atoms.